The molecule has 2 fully saturated rings. The summed E-state index contributed by atoms with van der Waals surface area (Å²) in [4.78, 5) is 0. The lowest BCUT2D eigenvalue weighted by atomic mass is 9.85. The Morgan fingerprint density at radius 2 is 2.10 bits per heavy atom. The van der Waals surface area contributed by atoms with Crippen LogP contribution in [0.5, 0.6) is 0 Å². The van der Waals surface area contributed by atoms with Crippen molar-refractivity contribution < 1.29 is 14.2 Å². The number of hydrogen-bond donors (Lipinski definition) is 2. The Labute approximate surface area is 125 Å². The van der Waals surface area contributed by atoms with Crippen LogP contribution in [0.15, 0.2) is 24.3 Å². The number of benzene rings is 1. The zero-order chi connectivity index (χ0) is 14.7. The maximum absolute atomic E-state index is 13.5. The van der Waals surface area contributed by atoms with Gasteiger partial charge in [-0.25, -0.2) is 4.39 Å². The number of hydrogen-bond acceptors (Lipinski definition) is 3. The molecule has 0 radical (unpaired) electrons. The van der Waals surface area contributed by atoms with Crippen molar-refractivity contribution in [2.75, 3.05) is 26.4 Å². The molecule has 21 heavy (non-hydrogen) atoms. The summed E-state index contributed by atoms with van der Waals surface area (Å²) in [5.41, 5.74) is 0.875. The van der Waals surface area contributed by atoms with Crippen LogP contribution in [0.4, 0.5) is 4.39 Å². The van der Waals surface area contributed by atoms with Crippen LogP contribution >= 0.6 is 0 Å². The van der Waals surface area contributed by atoms with E-state index < -0.39 is 0 Å². The zero-order valence-corrected chi connectivity index (χ0v) is 12.4. The largest absolute Gasteiger partial charge is 0.396 e. The summed E-state index contributed by atoms with van der Waals surface area (Å²) in [6, 6.07) is 7.08. The highest BCUT2D eigenvalue weighted by Gasteiger charge is 2.39. The fourth-order valence-corrected chi connectivity index (χ4v) is 3.51. The smallest absolute Gasteiger partial charge is 0.123 e. The first kappa shape index (κ1) is 14.9. The van der Waals surface area contributed by atoms with Gasteiger partial charge in [0.15, 0.2) is 0 Å². The maximum atomic E-state index is 13.5. The highest BCUT2D eigenvalue weighted by atomic mass is 19.1. The molecular formula is C17H24FNO2. The van der Waals surface area contributed by atoms with Crippen LogP contribution in [0.25, 0.3) is 0 Å². The molecule has 0 aromatic heterocycles. The van der Waals surface area contributed by atoms with Crippen molar-refractivity contribution in [3.8, 4) is 0 Å². The van der Waals surface area contributed by atoms with Crippen molar-refractivity contribution in [1.29, 1.82) is 0 Å². The molecule has 2 N–H and O–H groups in total. The quantitative estimate of drug-likeness (QED) is 0.847. The molecule has 0 amide bonds. The molecule has 1 atom stereocenters. The van der Waals surface area contributed by atoms with Gasteiger partial charge in [0.25, 0.3) is 0 Å². The van der Waals surface area contributed by atoms with Crippen LogP contribution in [0.1, 0.15) is 37.3 Å². The molecule has 3 nitrogen and oxygen atoms in total. The van der Waals surface area contributed by atoms with Gasteiger partial charge in [-0.05, 0) is 36.5 Å². The molecule has 0 spiro atoms. The summed E-state index contributed by atoms with van der Waals surface area (Å²) in [7, 11) is 0. The summed E-state index contributed by atoms with van der Waals surface area (Å²) in [6.07, 6.45) is 4.90. The van der Waals surface area contributed by atoms with E-state index in [9.17, 15) is 9.50 Å². The first-order valence-corrected chi connectivity index (χ1v) is 7.90. The van der Waals surface area contributed by atoms with Crippen LogP contribution in [0.3, 0.4) is 0 Å². The Hall–Kier alpha value is -0.970. The van der Waals surface area contributed by atoms with Crippen molar-refractivity contribution >= 4 is 0 Å². The lowest BCUT2D eigenvalue weighted by molar-refractivity contribution is -0.135. The van der Waals surface area contributed by atoms with E-state index in [2.05, 4.69) is 5.32 Å². The van der Waals surface area contributed by atoms with E-state index in [1.807, 2.05) is 6.07 Å². The first-order valence-electron chi connectivity index (χ1n) is 7.90. The summed E-state index contributed by atoms with van der Waals surface area (Å²) in [5.74, 6) is 0.379. The first-order chi connectivity index (χ1) is 10.2. The van der Waals surface area contributed by atoms with E-state index in [0.717, 1.165) is 12.1 Å². The predicted octanol–water partition coefficient (Wildman–Crippen LogP) is 2.66. The molecule has 1 saturated heterocycles. The molecular weight excluding hydrogens is 269 g/mol. The van der Waals surface area contributed by atoms with Crippen LogP contribution in [0.2, 0.25) is 0 Å². The molecule has 1 heterocycles. The van der Waals surface area contributed by atoms with Crippen molar-refractivity contribution in [1.82, 2.24) is 5.32 Å². The van der Waals surface area contributed by atoms with Crippen LogP contribution in [-0.2, 0) is 4.74 Å². The third kappa shape index (κ3) is 3.28. The van der Waals surface area contributed by atoms with E-state index >= 15 is 0 Å². The lowest BCUT2D eigenvalue weighted by Gasteiger charge is -2.41. The fraction of sp³-hybridized carbons (Fsp3) is 0.647. The number of ether oxygens (including phenoxy) is 1. The average molecular weight is 293 g/mol. The van der Waals surface area contributed by atoms with Crippen molar-refractivity contribution in [2.24, 2.45) is 11.3 Å². The van der Waals surface area contributed by atoms with Gasteiger partial charge >= 0.3 is 0 Å². The molecule has 4 heteroatoms. The van der Waals surface area contributed by atoms with Gasteiger partial charge in [0.2, 0.25) is 0 Å². The van der Waals surface area contributed by atoms with Gasteiger partial charge in [-0.15, -0.1) is 0 Å². The Bertz CT molecular complexity index is 464. The molecule has 1 aromatic rings. The normalized spacial score (nSPS) is 23.0. The van der Waals surface area contributed by atoms with Gasteiger partial charge in [0.1, 0.15) is 5.82 Å². The van der Waals surface area contributed by atoms with E-state index in [1.165, 1.54) is 31.7 Å². The number of halogens is 1. The molecule has 1 unspecified atom stereocenters. The third-order valence-electron chi connectivity index (χ3n) is 4.93. The van der Waals surface area contributed by atoms with Crippen LogP contribution < -0.4 is 5.32 Å². The highest BCUT2D eigenvalue weighted by Crippen LogP contribution is 2.37. The van der Waals surface area contributed by atoms with Gasteiger partial charge < -0.3 is 15.2 Å². The minimum atomic E-state index is -0.179. The van der Waals surface area contributed by atoms with Gasteiger partial charge in [-0.1, -0.05) is 25.0 Å². The summed E-state index contributed by atoms with van der Waals surface area (Å²) in [6.45, 7) is 2.08. The minimum Gasteiger partial charge on any atom is -0.396 e. The molecule has 1 aliphatic carbocycles. The SMILES string of the molecule is OCC1(CNC(c2cccc(F)c2)C2CCCC2)COC1. The zero-order valence-electron chi connectivity index (χ0n) is 12.4. The second kappa shape index (κ2) is 6.42. The van der Waals surface area contributed by atoms with Crippen LogP contribution in [-0.4, -0.2) is 31.5 Å². The lowest BCUT2D eigenvalue weighted by Crippen LogP contribution is -2.53. The van der Waals surface area contributed by atoms with Crippen molar-refractivity contribution in [3.05, 3.63) is 35.6 Å². The molecule has 1 saturated carbocycles. The van der Waals surface area contributed by atoms with Crippen LogP contribution in [0, 0.1) is 17.2 Å². The predicted molar refractivity (Wildman–Crippen MR) is 79.4 cm³/mol. The Morgan fingerprint density at radius 3 is 2.67 bits per heavy atom. The topological polar surface area (TPSA) is 41.5 Å². The number of nitrogens with one attached hydrogen (secondary N) is 1. The molecule has 1 aromatic carbocycles. The molecule has 2 aliphatic rings. The van der Waals surface area contributed by atoms with E-state index in [-0.39, 0.29) is 23.9 Å². The summed E-state index contributed by atoms with van der Waals surface area (Å²) < 4.78 is 18.8. The minimum absolute atomic E-state index is 0.139. The monoisotopic (exact) mass is 293 g/mol. The van der Waals surface area contributed by atoms with Crippen molar-refractivity contribution in [3.63, 3.8) is 0 Å². The number of aliphatic hydroxyl groups excluding tert-OH is 1. The fourth-order valence-electron chi connectivity index (χ4n) is 3.51. The molecule has 1 aliphatic heterocycles. The molecule has 0 bridgehead atoms. The Kier molecular flexibility index (Phi) is 4.57. The van der Waals surface area contributed by atoms with E-state index in [4.69, 9.17) is 4.74 Å². The maximum Gasteiger partial charge on any atom is 0.123 e. The third-order valence-corrected chi connectivity index (χ3v) is 4.93. The molecule has 3 rings (SSSR count). The van der Waals surface area contributed by atoms with Gasteiger partial charge in [-0.3, -0.25) is 0 Å². The number of aliphatic hydroxyl groups is 1. The Balaban J connectivity index is 1.73. The van der Waals surface area contributed by atoms with Gasteiger partial charge in [0, 0.05) is 12.6 Å². The second-order valence-electron chi connectivity index (χ2n) is 6.61. The number of rotatable bonds is 6. The van der Waals surface area contributed by atoms with Crippen molar-refractivity contribution in [2.45, 2.75) is 31.7 Å². The second-order valence-corrected chi connectivity index (χ2v) is 6.61. The van der Waals surface area contributed by atoms with E-state index in [1.54, 1.807) is 12.1 Å². The van der Waals surface area contributed by atoms with Gasteiger partial charge in [0.05, 0.1) is 25.2 Å². The molecule has 116 valence electrons. The Morgan fingerprint density at radius 1 is 1.33 bits per heavy atom. The highest BCUT2D eigenvalue weighted by molar-refractivity contribution is 5.21. The average Bonchev–Trinajstić information content (AvgIpc) is 2.96. The van der Waals surface area contributed by atoms with E-state index in [0.29, 0.717) is 19.1 Å². The van der Waals surface area contributed by atoms with Gasteiger partial charge in [-0.2, -0.15) is 0 Å². The summed E-state index contributed by atoms with van der Waals surface area (Å²) in [5, 5.41) is 13.1. The summed E-state index contributed by atoms with van der Waals surface area (Å²) >= 11 is 0. The standard InChI is InChI=1S/C17H24FNO2/c18-15-7-3-6-14(8-15)16(13-4-1-2-5-13)19-9-17(10-20)11-21-12-17/h3,6-8,13,16,19-20H,1-2,4-5,9-12H2.